The Kier molecular flexibility index (Phi) is 4.35. The lowest BCUT2D eigenvalue weighted by Crippen LogP contribution is -2.30. The SMILES string of the molecule is O=C(O)C1=C(C(c2ccccc2)c2ccccc2)CCNC1. The van der Waals surface area contributed by atoms with E-state index in [4.69, 9.17) is 0 Å². The van der Waals surface area contributed by atoms with Crippen LogP contribution < -0.4 is 5.32 Å². The molecule has 112 valence electrons. The fraction of sp³-hybridized carbons (Fsp3) is 0.211. The Morgan fingerprint density at radius 3 is 2.00 bits per heavy atom. The van der Waals surface area contributed by atoms with Crippen molar-refractivity contribution in [2.24, 2.45) is 0 Å². The van der Waals surface area contributed by atoms with Crippen LogP contribution in [0.1, 0.15) is 23.5 Å². The maximum atomic E-state index is 11.6. The van der Waals surface area contributed by atoms with Crippen LogP contribution in [0.3, 0.4) is 0 Å². The number of nitrogens with one attached hydrogen (secondary N) is 1. The number of hydrogen-bond donors (Lipinski definition) is 2. The molecule has 3 heteroatoms. The van der Waals surface area contributed by atoms with Gasteiger partial charge in [-0.3, -0.25) is 0 Å². The molecular formula is C19H19NO2. The predicted octanol–water partition coefficient (Wildman–Crippen LogP) is 3.19. The van der Waals surface area contributed by atoms with Gasteiger partial charge in [-0.25, -0.2) is 4.79 Å². The topological polar surface area (TPSA) is 49.3 Å². The molecule has 0 saturated carbocycles. The average Bonchev–Trinajstić information content (AvgIpc) is 2.57. The smallest absolute Gasteiger partial charge is 0.332 e. The fourth-order valence-electron chi connectivity index (χ4n) is 3.12. The summed E-state index contributed by atoms with van der Waals surface area (Å²) in [6, 6.07) is 20.3. The van der Waals surface area contributed by atoms with Crippen molar-refractivity contribution in [1.82, 2.24) is 5.32 Å². The van der Waals surface area contributed by atoms with Gasteiger partial charge in [0.1, 0.15) is 0 Å². The molecule has 0 atom stereocenters. The van der Waals surface area contributed by atoms with E-state index in [9.17, 15) is 9.90 Å². The largest absolute Gasteiger partial charge is 0.478 e. The van der Waals surface area contributed by atoms with Crippen LogP contribution >= 0.6 is 0 Å². The lowest BCUT2D eigenvalue weighted by atomic mass is 9.80. The molecule has 22 heavy (non-hydrogen) atoms. The lowest BCUT2D eigenvalue weighted by molar-refractivity contribution is -0.132. The molecule has 0 saturated heterocycles. The quantitative estimate of drug-likeness (QED) is 0.910. The first-order valence-corrected chi connectivity index (χ1v) is 7.53. The second-order valence-electron chi connectivity index (χ2n) is 5.49. The minimum Gasteiger partial charge on any atom is -0.478 e. The molecule has 0 fully saturated rings. The summed E-state index contributed by atoms with van der Waals surface area (Å²) in [6.45, 7) is 1.25. The van der Waals surface area contributed by atoms with Crippen LogP contribution in [0.4, 0.5) is 0 Å². The third kappa shape index (κ3) is 2.95. The first kappa shape index (κ1) is 14.5. The summed E-state index contributed by atoms with van der Waals surface area (Å²) >= 11 is 0. The van der Waals surface area contributed by atoms with Gasteiger partial charge in [0.05, 0.1) is 5.57 Å². The highest BCUT2D eigenvalue weighted by Gasteiger charge is 2.26. The number of rotatable bonds is 4. The molecule has 0 aromatic heterocycles. The minimum atomic E-state index is -0.820. The van der Waals surface area contributed by atoms with Crippen molar-refractivity contribution in [3.8, 4) is 0 Å². The third-order valence-electron chi connectivity index (χ3n) is 4.13. The minimum absolute atomic E-state index is 0.00981. The molecule has 3 rings (SSSR count). The third-order valence-corrected chi connectivity index (χ3v) is 4.13. The van der Waals surface area contributed by atoms with Crippen LogP contribution in [0.15, 0.2) is 71.8 Å². The molecule has 1 aliphatic heterocycles. The van der Waals surface area contributed by atoms with Crippen LogP contribution in [0.2, 0.25) is 0 Å². The first-order valence-electron chi connectivity index (χ1n) is 7.53. The standard InChI is InChI=1S/C19H19NO2/c21-19(22)17-13-20-12-11-16(17)18(14-7-3-1-4-8-14)15-9-5-2-6-10-15/h1-10,18,20H,11-13H2,(H,21,22). The number of carboxylic acid groups (broad SMARTS) is 1. The zero-order valence-electron chi connectivity index (χ0n) is 12.3. The van der Waals surface area contributed by atoms with Crippen molar-refractivity contribution in [3.63, 3.8) is 0 Å². The zero-order valence-corrected chi connectivity index (χ0v) is 12.3. The average molecular weight is 293 g/mol. The van der Waals surface area contributed by atoms with E-state index in [-0.39, 0.29) is 5.92 Å². The van der Waals surface area contributed by atoms with Crippen molar-refractivity contribution in [1.29, 1.82) is 0 Å². The Hall–Kier alpha value is -2.39. The Bertz CT molecular complexity index is 638. The number of carboxylic acids is 1. The first-order chi connectivity index (χ1) is 10.8. The summed E-state index contributed by atoms with van der Waals surface area (Å²) in [4.78, 5) is 11.6. The van der Waals surface area contributed by atoms with Gasteiger partial charge in [0.2, 0.25) is 0 Å². The molecule has 2 aromatic carbocycles. The maximum absolute atomic E-state index is 11.6. The van der Waals surface area contributed by atoms with E-state index >= 15 is 0 Å². The Balaban J connectivity index is 2.15. The highest BCUT2D eigenvalue weighted by atomic mass is 16.4. The second kappa shape index (κ2) is 6.58. The van der Waals surface area contributed by atoms with Crippen molar-refractivity contribution in [3.05, 3.63) is 82.9 Å². The van der Waals surface area contributed by atoms with Crippen LogP contribution in [0, 0.1) is 0 Å². The van der Waals surface area contributed by atoms with Crippen molar-refractivity contribution < 1.29 is 9.90 Å². The Labute approximate surface area is 130 Å². The summed E-state index contributed by atoms with van der Waals surface area (Å²) < 4.78 is 0. The zero-order chi connectivity index (χ0) is 15.4. The molecule has 1 heterocycles. The maximum Gasteiger partial charge on any atom is 0.332 e. The van der Waals surface area contributed by atoms with Gasteiger partial charge in [-0.1, -0.05) is 60.7 Å². The van der Waals surface area contributed by atoms with Gasteiger partial charge < -0.3 is 10.4 Å². The Morgan fingerprint density at radius 1 is 0.955 bits per heavy atom. The van der Waals surface area contributed by atoms with Gasteiger partial charge in [-0.2, -0.15) is 0 Å². The number of benzene rings is 2. The molecule has 0 radical (unpaired) electrons. The van der Waals surface area contributed by atoms with E-state index < -0.39 is 5.97 Å². The van der Waals surface area contributed by atoms with Crippen LogP contribution in [-0.4, -0.2) is 24.2 Å². The highest BCUT2D eigenvalue weighted by molar-refractivity contribution is 5.89. The fourth-order valence-corrected chi connectivity index (χ4v) is 3.12. The van der Waals surface area contributed by atoms with Crippen molar-refractivity contribution >= 4 is 5.97 Å². The highest BCUT2D eigenvalue weighted by Crippen LogP contribution is 2.36. The van der Waals surface area contributed by atoms with E-state index in [1.165, 1.54) is 0 Å². The van der Waals surface area contributed by atoms with E-state index in [1.54, 1.807) is 0 Å². The summed E-state index contributed by atoms with van der Waals surface area (Å²) in [7, 11) is 0. The molecule has 2 aromatic rings. The van der Waals surface area contributed by atoms with Gasteiger partial charge in [0, 0.05) is 12.5 Å². The molecular weight excluding hydrogens is 274 g/mol. The predicted molar refractivity (Wildman–Crippen MR) is 86.9 cm³/mol. The summed E-state index contributed by atoms with van der Waals surface area (Å²) in [5.74, 6) is -0.810. The normalized spacial score (nSPS) is 15.1. The Morgan fingerprint density at radius 2 is 1.50 bits per heavy atom. The molecule has 2 N–H and O–H groups in total. The molecule has 0 amide bonds. The number of aliphatic carboxylic acids is 1. The molecule has 3 nitrogen and oxygen atoms in total. The number of hydrogen-bond acceptors (Lipinski definition) is 2. The van der Waals surface area contributed by atoms with E-state index in [0.29, 0.717) is 12.1 Å². The van der Waals surface area contributed by atoms with E-state index in [2.05, 4.69) is 29.6 Å². The monoisotopic (exact) mass is 293 g/mol. The molecule has 0 aliphatic carbocycles. The van der Waals surface area contributed by atoms with Gasteiger partial charge in [0.15, 0.2) is 0 Å². The van der Waals surface area contributed by atoms with E-state index in [1.807, 2.05) is 36.4 Å². The van der Waals surface area contributed by atoms with Gasteiger partial charge in [0.25, 0.3) is 0 Å². The van der Waals surface area contributed by atoms with Crippen LogP contribution in [0.25, 0.3) is 0 Å². The van der Waals surface area contributed by atoms with Gasteiger partial charge >= 0.3 is 5.97 Å². The van der Waals surface area contributed by atoms with Crippen LogP contribution in [-0.2, 0) is 4.79 Å². The summed E-state index contributed by atoms with van der Waals surface area (Å²) in [5.41, 5.74) is 3.81. The summed E-state index contributed by atoms with van der Waals surface area (Å²) in [5, 5.41) is 12.7. The van der Waals surface area contributed by atoms with E-state index in [0.717, 1.165) is 29.7 Å². The van der Waals surface area contributed by atoms with Crippen LogP contribution in [0.5, 0.6) is 0 Å². The second-order valence-corrected chi connectivity index (χ2v) is 5.49. The van der Waals surface area contributed by atoms with Crippen molar-refractivity contribution in [2.45, 2.75) is 12.3 Å². The molecule has 1 aliphatic rings. The molecule has 0 spiro atoms. The lowest BCUT2D eigenvalue weighted by Gasteiger charge is -2.27. The van der Waals surface area contributed by atoms with Gasteiger partial charge in [-0.05, 0) is 29.7 Å². The van der Waals surface area contributed by atoms with Crippen molar-refractivity contribution in [2.75, 3.05) is 13.1 Å². The summed E-state index contributed by atoms with van der Waals surface area (Å²) in [6.07, 6.45) is 0.760. The number of carbonyl (C=O) groups is 1. The molecule has 0 bridgehead atoms. The molecule has 0 unspecified atom stereocenters. The van der Waals surface area contributed by atoms with Gasteiger partial charge in [-0.15, -0.1) is 0 Å².